The molecule has 0 spiro atoms. The summed E-state index contributed by atoms with van der Waals surface area (Å²) in [5, 5.41) is 7.65. The van der Waals surface area contributed by atoms with Crippen LogP contribution in [-0.4, -0.2) is 21.7 Å². The molecule has 4 aliphatic rings. The molecule has 4 fully saturated rings. The van der Waals surface area contributed by atoms with E-state index in [1.165, 1.54) is 38.5 Å². The average molecular weight is 380 g/mol. The monoisotopic (exact) mass is 379 g/mol. The lowest BCUT2D eigenvalue weighted by molar-refractivity contribution is -0.0727. The minimum Gasteiger partial charge on any atom is -0.347 e. The van der Waals surface area contributed by atoms with Gasteiger partial charge in [0.25, 0.3) is 5.91 Å². The van der Waals surface area contributed by atoms with Crippen molar-refractivity contribution in [3.63, 3.8) is 0 Å². The lowest BCUT2D eigenvalue weighted by Gasteiger charge is -2.59. The molecule has 5 heteroatoms. The lowest BCUT2D eigenvalue weighted by Crippen LogP contribution is -2.56. The first kappa shape index (κ1) is 15.7. The summed E-state index contributed by atoms with van der Waals surface area (Å²) in [6.07, 6.45) is 11.1. The number of aryl methyl sites for hydroxylation is 1. The molecule has 4 aliphatic carbocycles. The fourth-order valence-corrected chi connectivity index (χ4v) is 6.69. The van der Waals surface area contributed by atoms with Gasteiger partial charge in [0.05, 0.1) is 4.47 Å². The van der Waals surface area contributed by atoms with Crippen molar-refractivity contribution in [2.24, 2.45) is 30.2 Å². The molecule has 23 heavy (non-hydrogen) atoms. The van der Waals surface area contributed by atoms with Crippen molar-refractivity contribution in [3.8, 4) is 0 Å². The number of carbonyl (C=O) groups excluding carboxylic acids is 1. The van der Waals surface area contributed by atoms with Crippen molar-refractivity contribution < 1.29 is 4.79 Å². The summed E-state index contributed by atoms with van der Waals surface area (Å²) in [6.45, 7) is 2.22. The zero-order valence-corrected chi connectivity index (χ0v) is 15.6. The number of amides is 1. The summed E-state index contributed by atoms with van der Waals surface area (Å²) in [7, 11) is 1.85. The smallest absolute Gasteiger partial charge is 0.273 e. The third-order valence-corrected chi connectivity index (χ3v) is 7.12. The Labute approximate surface area is 146 Å². The number of nitrogens with zero attached hydrogens (tertiary/aromatic N) is 2. The number of carbonyl (C=O) groups is 1. The standard InChI is InChI=1S/C18H26BrN3O/c1-3-15(20-17(23)16-14(19)10-22(2)21-16)18-7-11-4-12(8-18)6-13(5-11)9-18/h10-13,15H,3-9H2,1-2H3,(H,20,23). The Bertz CT molecular complexity index is 588. The summed E-state index contributed by atoms with van der Waals surface area (Å²) < 4.78 is 2.46. The largest absolute Gasteiger partial charge is 0.347 e. The third-order valence-electron chi connectivity index (χ3n) is 6.54. The van der Waals surface area contributed by atoms with E-state index in [9.17, 15) is 4.79 Å². The predicted molar refractivity (Wildman–Crippen MR) is 93.1 cm³/mol. The first-order chi connectivity index (χ1) is 11.0. The van der Waals surface area contributed by atoms with Crippen LogP contribution >= 0.6 is 15.9 Å². The van der Waals surface area contributed by atoms with Crippen molar-refractivity contribution in [2.75, 3.05) is 0 Å². The summed E-state index contributed by atoms with van der Waals surface area (Å²) in [5.74, 6) is 2.71. The molecule has 0 aliphatic heterocycles. The number of hydrogen-bond acceptors (Lipinski definition) is 2. The van der Waals surface area contributed by atoms with Crippen molar-refractivity contribution >= 4 is 21.8 Å². The van der Waals surface area contributed by atoms with E-state index in [1.807, 2.05) is 13.2 Å². The first-order valence-electron chi connectivity index (χ1n) is 8.99. The van der Waals surface area contributed by atoms with Gasteiger partial charge in [-0.2, -0.15) is 5.10 Å². The van der Waals surface area contributed by atoms with Crippen molar-refractivity contribution in [2.45, 2.75) is 57.9 Å². The second-order valence-corrected chi connectivity index (χ2v) is 9.07. The summed E-state index contributed by atoms with van der Waals surface area (Å²) in [6, 6.07) is 0.289. The molecule has 4 saturated carbocycles. The van der Waals surface area contributed by atoms with Gasteiger partial charge in [-0.15, -0.1) is 0 Å². The van der Waals surface area contributed by atoms with E-state index >= 15 is 0 Å². The maximum absolute atomic E-state index is 12.7. The molecule has 4 bridgehead atoms. The Morgan fingerprint density at radius 2 is 1.91 bits per heavy atom. The van der Waals surface area contributed by atoms with Gasteiger partial charge in [-0.05, 0) is 84.0 Å². The van der Waals surface area contributed by atoms with Crippen LogP contribution in [0.5, 0.6) is 0 Å². The highest BCUT2D eigenvalue weighted by molar-refractivity contribution is 9.10. The highest BCUT2D eigenvalue weighted by Crippen LogP contribution is 2.61. The molecule has 1 N–H and O–H groups in total. The minimum atomic E-state index is -0.0277. The van der Waals surface area contributed by atoms with E-state index in [1.54, 1.807) is 4.68 Å². The van der Waals surface area contributed by atoms with Crippen LogP contribution < -0.4 is 5.32 Å². The molecule has 1 heterocycles. The van der Waals surface area contributed by atoms with Crippen molar-refractivity contribution in [1.29, 1.82) is 0 Å². The highest BCUT2D eigenvalue weighted by atomic mass is 79.9. The molecule has 5 rings (SSSR count). The van der Waals surface area contributed by atoms with E-state index < -0.39 is 0 Å². The number of nitrogens with one attached hydrogen (secondary N) is 1. The number of aromatic nitrogens is 2. The van der Waals surface area contributed by atoms with E-state index in [0.717, 1.165) is 28.6 Å². The molecule has 1 aromatic rings. The first-order valence-corrected chi connectivity index (χ1v) is 9.78. The molecule has 0 saturated heterocycles. The molecule has 126 valence electrons. The molecule has 0 aromatic carbocycles. The summed E-state index contributed by atoms with van der Waals surface area (Å²) in [5.41, 5.74) is 0.858. The fourth-order valence-electron chi connectivity index (χ4n) is 6.13. The van der Waals surface area contributed by atoms with Crippen LogP contribution in [0, 0.1) is 23.2 Å². The zero-order chi connectivity index (χ0) is 16.2. The van der Waals surface area contributed by atoms with Crippen LogP contribution in [0.3, 0.4) is 0 Å². The van der Waals surface area contributed by atoms with Crippen LogP contribution in [0.25, 0.3) is 0 Å². The van der Waals surface area contributed by atoms with Gasteiger partial charge in [-0.3, -0.25) is 9.48 Å². The highest BCUT2D eigenvalue weighted by Gasteiger charge is 2.54. The van der Waals surface area contributed by atoms with Crippen molar-refractivity contribution in [3.05, 3.63) is 16.4 Å². The number of halogens is 1. The topological polar surface area (TPSA) is 46.9 Å². The van der Waals surface area contributed by atoms with E-state index in [2.05, 4.69) is 33.3 Å². The SMILES string of the molecule is CCC(NC(=O)c1nn(C)cc1Br)C12CC3CC(CC(C3)C1)C2. The molecule has 1 amide bonds. The average Bonchev–Trinajstić information content (AvgIpc) is 2.81. The Morgan fingerprint density at radius 1 is 1.35 bits per heavy atom. The van der Waals surface area contributed by atoms with Crippen LogP contribution in [0.15, 0.2) is 10.7 Å². The van der Waals surface area contributed by atoms with Gasteiger partial charge in [-0.25, -0.2) is 0 Å². The summed E-state index contributed by atoms with van der Waals surface area (Å²) in [4.78, 5) is 12.7. The summed E-state index contributed by atoms with van der Waals surface area (Å²) >= 11 is 3.45. The number of hydrogen-bond donors (Lipinski definition) is 1. The van der Waals surface area contributed by atoms with Crippen molar-refractivity contribution in [1.82, 2.24) is 15.1 Å². The molecule has 1 unspecified atom stereocenters. The second-order valence-electron chi connectivity index (χ2n) is 8.21. The quantitative estimate of drug-likeness (QED) is 0.861. The molecular formula is C18H26BrN3O. The molecular weight excluding hydrogens is 354 g/mol. The second kappa shape index (κ2) is 5.61. The molecule has 1 atom stereocenters. The van der Waals surface area contributed by atoms with Gasteiger partial charge in [0.2, 0.25) is 0 Å². The minimum absolute atomic E-state index is 0.0277. The maximum atomic E-state index is 12.7. The van der Waals surface area contributed by atoms with Crippen LogP contribution in [0.1, 0.15) is 62.4 Å². The van der Waals surface area contributed by atoms with Gasteiger partial charge in [-0.1, -0.05) is 6.92 Å². The predicted octanol–water partition coefficient (Wildman–Crippen LogP) is 3.91. The van der Waals surface area contributed by atoms with Gasteiger partial charge in [0.1, 0.15) is 0 Å². The molecule has 1 aromatic heterocycles. The van der Waals surface area contributed by atoms with Gasteiger partial charge >= 0.3 is 0 Å². The van der Waals surface area contributed by atoms with Gasteiger partial charge in [0, 0.05) is 19.3 Å². The molecule has 4 nitrogen and oxygen atoms in total. The fraction of sp³-hybridized carbons (Fsp3) is 0.778. The normalized spacial score (nSPS) is 36.2. The molecule has 0 radical (unpaired) electrons. The van der Waals surface area contributed by atoms with Gasteiger partial charge < -0.3 is 5.32 Å². The van der Waals surface area contributed by atoms with Crippen LogP contribution in [0.4, 0.5) is 0 Å². The van der Waals surface area contributed by atoms with Crippen LogP contribution in [-0.2, 0) is 7.05 Å². The van der Waals surface area contributed by atoms with E-state index in [-0.39, 0.29) is 11.9 Å². The lowest BCUT2D eigenvalue weighted by atomic mass is 9.47. The van der Waals surface area contributed by atoms with Gasteiger partial charge in [0.15, 0.2) is 5.69 Å². The Balaban J connectivity index is 1.55. The maximum Gasteiger partial charge on any atom is 0.273 e. The zero-order valence-electron chi connectivity index (χ0n) is 14.0. The van der Waals surface area contributed by atoms with E-state index in [0.29, 0.717) is 11.1 Å². The third kappa shape index (κ3) is 2.65. The Hall–Kier alpha value is -0.840. The van der Waals surface area contributed by atoms with Crippen LogP contribution in [0.2, 0.25) is 0 Å². The number of rotatable bonds is 4. The Kier molecular flexibility index (Phi) is 3.82. The Morgan fingerprint density at radius 3 is 2.35 bits per heavy atom. The van der Waals surface area contributed by atoms with E-state index in [4.69, 9.17) is 0 Å².